The predicted molar refractivity (Wildman–Crippen MR) is 65.2 cm³/mol. The molecule has 18 heavy (non-hydrogen) atoms. The summed E-state index contributed by atoms with van der Waals surface area (Å²) in [6.07, 6.45) is 0.414. The van der Waals surface area contributed by atoms with Gasteiger partial charge in [0, 0.05) is 17.2 Å². The van der Waals surface area contributed by atoms with Gasteiger partial charge in [0.2, 0.25) is 5.91 Å². The molecule has 1 fully saturated rings. The zero-order valence-electron chi connectivity index (χ0n) is 10.7. The van der Waals surface area contributed by atoms with Gasteiger partial charge in [0.25, 0.3) is 0 Å². The number of hydrogen-bond donors (Lipinski definition) is 3. The van der Waals surface area contributed by atoms with Crippen LogP contribution in [0.1, 0.15) is 32.9 Å². The number of H-pyrrole nitrogens is 1. The molecule has 1 amide bonds. The molecule has 0 aliphatic heterocycles. The molecule has 1 aromatic rings. The molecule has 1 saturated carbocycles. The van der Waals surface area contributed by atoms with Crippen LogP contribution >= 0.6 is 0 Å². The van der Waals surface area contributed by atoms with E-state index < -0.39 is 17.8 Å². The lowest BCUT2D eigenvalue weighted by molar-refractivity contribution is -0.139. The van der Waals surface area contributed by atoms with E-state index in [-0.39, 0.29) is 11.3 Å². The Labute approximate surface area is 105 Å². The Morgan fingerprint density at radius 3 is 2.56 bits per heavy atom. The lowest BCUT2D eigenvalue weighted by Gasteiger charge is -2.14. The summed E-state index contributed by atoms with van der Waals surface area (Å²) in [5, 5.41) is 18.2. The summed E-state index contributed by atoms with van der Waals surface area (Å²) >= 11 is 0. The van der Waals surface area contributed by atoms with Crippen molar-refractivity contribution in [1.29, 1.82) is 0 Å². The summed E-state index contributed by atoms with van der Waals surface area (Å²) in [7, 11) is 0. The molecule has 1 aliphatic rings. The highest BCUT2D eigenvalue weighted by molar-refractivity contribution is 5.97. The fourth-order valence-electron chi connectivity index (χ4n) is 1.75. The second-order valence-corrected chi connectivity index (χ2v) is 5.69. The number of carbonyl (C=O) groups excluding carboxylic acids is 1. The van der Waals surface area contributed by atoms with Gasteiger partial charge in [-0.1, -0.05) is 20.8 Å². The van der Waals surface area contributed by atoms with E-state index in [2.05, 4.69) is 15.5 Å². The van der Waals surface area contributed by atoms with Crippen LogP contribution < -0.4 is 5.32 Å². The number of aromatic amines is 1. The van der Waals surface area contributed by atoms with Crippen LogP contribution in [0.4, 0.5) is 5.82 Å². The number of anilines is 1. The summed E-state index contributed by atoms with van der Waals surface area (Å²) in [5.74, 6) is -1.69. The number of nitrogens with one attached hydrogen (secondary N) is 2. The lowest BCUT2D eigenvalue weighted by atomic mass is 9.92. The molecule has 98 valence electrons. The van der Waals surface area contributed by atoms with Crippen molar-refractivity contribution in [2.75, 3.05) is 5.32 Å². The Morgan fingerprint density at radius 2 is 2.11 bits per heavy atom. The summed E-state index contributed by atoms with van der Waals surface area (Å²) in [4.78, 5) is 22.4. The third-order valence-corrected chi connectivity index (χ3v) is 3.08. The second kappa shape index (κ2) is 4.12. The van der Waals surface area contributed by atoms with E-state index in [1.807, 2.05) is 20.8 Å². The summed E-state index contributed by atoms with van der Waals surface area (Å²) in [5.41, 5.74) is 0.850. The molecule has 2 rings (SSSR count). The van der Waals surface area contributed by atoms with E-state index in [4.69, 9.17) is 5.11 Å². The molecule has 1 aromatic heterocycles. The SMILES string of the molecule is CC(C)(C)c1cc(NC(=O)C2CC2C(=O)O)n[nH]1. The van der Waals surface area contributed by atoms with Crippen LogP contribution in [0.5, 0.6) is 0 Å². The Kier molecular flexibility index (Phi) is 2.88. The Balaban J connectivity index is 1.97. The number of nitrogens with zero attached hydrogens (tertiary/aromatic N) is 1. The van der Waals surface area contributed by atoms with Crippen LogP contribution in [0.15, 0.2) is 6.07 Å². The van der Waals surface area contributed by atoms with Gasteiger partial charge in [0.15, 0.2) is 5.82 Å². The monoisotopic (exact) mass is 251 g/mol. The smallest absolute Gasteiger partial charge is 0.307 e. The third-order valence-electron chi connectivity index (χ3n) is 3.08. The van der Waals surface area contributed by atoms with Crippen LogP contribution in [-0.4, -0.2) is 27.2 Å². The van der Waals surface area contributed by atoms with Gasteiger partial charge in [-0.25, -0.2) is 0 Å². The van der Waals surface area contributed by atoms with E-state index in [9.17, 15) is 9.59 Å². The minimum atomic E-state index is -0.910. The van der Waals surface area contributed by atoms with Crippen molar-refractivity contribution in [3.63, 3.8) is 0 Å². The number of carbonyl (C=O) groups is 2. The summed E-state index contributed by atoms with van der Waals surface area (Å²) in [6.45, 7) is 6.11. The van der Waals surface area contributed by atoms with E-state index in [1.54, 1.807) is 6.07 Å². The molecule has 3 N–H and O–H groups in total. The lowest BCUT2D eigenvalue weighted by Crippen LogP contribution is -2.17. The maximum atomic E-state index is 11.7. The van der Waals surface area contributed by atoms with Crippen molar-refractivity contribution >= 4 is 17.7 Å². The molecule has 2 unspecified atom stereocenters. The molecule has 0 saturated heterocycles. The fraction of sp³-hybridized carbons (Fsp3) is 0.583. The number of amides is 1. The average molecular weight is 251 g/mol. The first kappa shape index (κ1) is 12.6. The van der Waals surface area contributed by atoms with Gasteiger partial charge < -0.3 is 10.4 Å². The molecular formula is C12H17N3O3. The zero-order valence-corrected chi connectivity index (χ0v) is 10.7. The van der Waals surface area contributed by atoms with E-state index in [1.165, 1.54) is 0 Å². The molecule has 0 radical (unpaired) electrons. The first-order chi connectivity index (χ1) is 8.29. The number of carboxylic acids is 1. The van der Waals surface area contributed by atoms with Gasteiger partial charge in [-0.3, -0.25) is 14.7 Å². The maximum Gasteiger partial charge on any atom is 0.307 e. The van der Waals surface area contributed by atoms with Gasteiger partial charge >= 0.3 is 5.97 Å². The van der Waals surface area contributed by atoms with Gasteiger partial charge in [-0.15, -0.1) is 0 Å². The number of rotatable bonds is 3. The van der Waals surface area contributed by atoms with Crippen LogP contribution in [0.3, 0.4) is 0 Å². The van der Waals surface area contributed by atoms with Gasteiger partial charge in [-0.2, -0.15) is 5.10 Å². The predicted octanol–water partition coefficient (Wildman–Crippen LogP) is 1.37. The van der Waals surface area contributed by atoms with E-state index in [0.29, 0.717) is 12.2 Å². The fourth-order valence-corrected chi connectivity index (χ4v) is 1.75. The second-order valence-electron chi connectivity index (χ2n) is 5.69. The topological polar surface area (TPSA) is 95.1 Å². The summed E-state index contributed by atoms with van der Waals surface area (Å²) in [6, 6.07) is 1.77. The largest absolute Gasteiger partial charge is 0.481 e. The number of carboxylic acid groups (broad SMARTS) is 1. The first-order valence-electron chi connectivity index (χ1n) is 5.88. The molecule has 0 spiro atoms. The minimum Gasteiger partial charge on any atom is -0.481 e. The highest BCUT2D eigenvalue weighted by atomic mass is 16.4. The molecule has 0 bridgehead atoms. The first-order valence-corrected chi connectivity index (χ1v) is 5.88. The zero-order chi connectivity index (χ0) is 13.5. The minimum absolute atomic E-state index is 0.0703. The molecule has 2 atom stereocenters. The van der Waals surface area contributed by atoms with E-state index in [0.717, 1.165) is 5.69 Å². The van der Waals surface area contributed by atoms with Crippen molar-refractivity contribution in [2.45, 2.75) is 32.6 Å². The maximum absolute atomic E-state index is 11.7. The molecule has 1 aliphatic carbocycles. The normalized spacial score (nSPS) is 22.6. The standard InChI is InChI=1S/C12H17N3O3/c1-12(2,3)8-5-9(15-14-8)13-10(16)6-4-7(6)11(17)18/h5-7H,4H2,1-3H3,(H,17,18)(H2,13,14,15,16). The molecule has 1 heterocycles. The van der Waals surface area contributed by atoms with E-state index >= 15 is 0 Å². The van der Waals surface area contributed by atoms with Gasteiger partial charge in [-0.05, 0) is 6.42 Å². The van der Waals surface area contributed by atoms with Crippen molar-refractivity contribution in [3.05, 3.63) is 11.8 Å². The van der Waals surface area contributed by atoms with Crippen LogP contribution in [-0.2, 0) is 15.0 Å². The third kappa shape index (κ3) is 2.52. The highest BCUT2D eigenvalue weighted by Crippen LogP contribution is 2.39. The van der Waals surface area contributed by atoms with Crippen molar-refractivity contribution in [1.82, 2.24) is 10.2 Å². The Morgan fingerprint density at radius 1 is 1.44 bits per heavy atom. The van der Waals surface area contributed by atoms with Crippen molar-refractivity contribution in [3.8, 4) is 0 Å². The molecule has 6 heteroatoms. The number of aromatic nitrogens is 2. The number of hydrogen-bond acceptors (Lipinski definition) is 3. The molecular weight excluding hydrogens is 234 g/mol. The summed E-state index contributed by atoms with van der Waals surface area (Å²) < 4.78 is 0. The number of aliphatic carboxylic acids is 1. The van der Waals surface area contributed by atoms with Gasteiger partial charge in [0.1, 0.15) is 0 Å². The molecule has 6 nitrogen and oxygen atoms in total. The highest BCUT2D eigenvalue weighted by Gasteiger charge is 2.48. The van der Waals surface area contributed by atoms with Crippen molar-refractivity contribution < 1.29 is 14.7 Å². The Bertz CT molecular complexity index is 487. The quantitative estimate of drug-likeness (QED) is 0.756. The van der Waals surface area contributed by atoms with Crippen LogP contribution in [0, 0.1) is 11.8 Å². The van der Waals surface area contributed by atoms with Gasteiger partial charge in [0.05, 0.1) is 11.8 Å². The van der Waals surface area contributed by atoms with Crippen molar-refractivity contribution in [2.24, 2.45) is 11.8 Å². The Hall–Kier alpha value is -1.85. The van der Waals surface area contributed by atoms with Crippen LogP contribution in [0.2, 0.25) is 0 Å². The average Bonchev–Trinajstić information content (AvgIpc) is 2.91. The van der Waals surface area contributed by atoms with Crippen LogP contribution in [0.25, 0.3) is 0 Å². The molecule has 0 aromatic carbocycles.